The van der Waals surface area contributed by atoms with Gasteiger partial charge in [0.25, 0.3) is 0 Å². The number of carbonyl (C=O) groups is 1. The molecule has 0 saturated heterocycles. The maximum absolute atomic E-state index is 11.8. The van der Waals surface area contributed by atoms with Gasteiger partial charge in [-0.2, -0.15) is 0 Å². The van der Waals surface area contributed by atoms with Crippen LogP contribution in [0.3, 0.4) is 0 Å². The molecular weight excluding hydrogens is 373 g/mol. The zero-order chi connectivity index (χ0) is 15.5. The summed E-state index contributed by atoms with van der Waals surface area (Å²) in [5, 5.41) is 5.58. The van der Waals surface area contributed by atoms with Crippen LogP contribution < -0.4 is 20.5 Å². The van der Waals surface area contributed by atoms with Gasteiger partial charge in [-0.3, -0.25) is 4.79 Å². The molecule has 0 unspecified atom stereocenters. The summed E-state index contributed by atoms with van der Waals surface area (Å²) in [7, 11) is 0. The number of rotatable bonds is 5. The molecule has 0 aliphatic carbocycles. The molecule has 0 spiro atoms. The number of nitrogens with one attached hydrogen (secondary N) is 1. The second-order valence-electron chi connectivity index (χ2n) is 5.09. The van der Waals surface area contributed by atoms with Crippen molar-refractivity contribution in [2.24, 2.45) is 5.73 Å². The van der Waals surface area contributed by atoms with E-state index in [0.29, 0.717) is 6.54 Å². The lowest BCUT2D eigenvalue weighted by Gasteiger charge is -2.09. The molecule has 1 aliphatic heterocycles. The molecule has 3 N–H and O–H groups in total. The lowest BCUT2D eigenvalue weighted by Crippen LogP contribution is -2.38. The van der Waals surface area contributed by atoms with Crippen LogP contribution in [0, 0.1) is 0 Å². The molecule has 2 heterocycles. The van der Waals surface area contributed by atoms with Crippen LogP contribution in [0.5, 0.6) is 11.5 Å². The highest BCUT2D eigenvalue weighted by Crippen LogP contribution is 2.36. The summed E-state index contributed by atoms with van der Waals surface area (Å²) >= 11 is 1.50. The van der Waals surface area contributed by atoms with Crippen LogP contribution in [0.25, 0.3) is 10.6 Å². The number of fused-ring (bicyclic) bond motifs is 1. The Morgan fingerprint density at radius 3 is 2.88 bits per heavy atom. The number of aromatic nitrogens is 1. The van der Waals surface area contributed by atoms with Crippen molar-refractivity contribution in [1.82, 2.24) is 10.3 Å². The van der Waals surface area contributed by atoms with E-state index >= 15 is 0 Å². The highest BCUT2D eigenvalue weighted by atomic mass is 35.5. The lowest BCUT2D eigenvalue weighted by molar-refractivity contribution is -0.121. The summed E-state index contributed by atoms with van der Waals surface area (Å²) in [6.07, 6.45) is 0.255. The SMILES string of the molecule is C[C@@H](CN)NC(=O)Cc1csc(-c2ccc3c(c2)OCO3)n1.Cl.Cl. The molecule has 0 saturated carbocycles. The molecule has 1 atom stereocenters. The zero-order valence-electron chi connectivity index (χ0n) is 13.0. The Balaban J connectivity index is 0.00000144. The predicted octanol–water partition coefficient (Wildman–Crippen LogP) is 2.39. The van der Waals surface area contributed by atoms with Gasteiger partial charge in [-0.15, -0.1) is 36.2 Å². The number of nitrogens with zero attached hydrogens (tertiary/aromatic N) is 1. The van der Waals surface area contributed by atoms with E-state index in [4.69, 9.17) is 15.2 Å². The molecule has 9 heteroatoms. The summed E-state index contributed by atoms with van der Waals surface area (Å²) in [5.41, 5.74) is 7.19. The molecule has 1 aromatic carbocycles. The smallest absolute Gasteiger partial charge is 0.231 e. The quantitative estimate of drug-likeness (QED) is 0.816. The van der Waals surface area contributed by atoms with E-state index < -0.39 is 0 Å². The lowest BCUT2D eigenvalue weighted by atomic mass is 10.2. The van der Waals surface area contributed by atoms with Crippen molar-refractivity contribution in [3.05, 3.63) is 29.3 Å². The van der Waals surface area contributed by atoms with Crippen LogP contribution in [-0.2, 0) is 11.2 Å². The minimum absolute atomic E-state index is 0. The summed E-state index contributed by atoms with van der Waals surface area (Å²) in [6, 6.07) is 5.68. The first-order chi connectivity index (χ1) is 10.7. The number of hydrogen-bond donors (Lipinski definition) is 2. The number of thiazole rings is 1. The normalized spacial score (nSPS) is 12.8. The second-order valence-corrected chi connectivity index (χ2v) is 5.95. The van der Waals surface area contributed by atoms with E-state index in [1.807, 2.05) is 30.5 Å². The standard InChI is InChI=1S/C15H17N3O3S.2ClH/c1-9(6-16)17-14(19)5-11-7-22-15(18-11)10-2-3-12-13(4-10)21-8-20-12;;/h2-4,7,9H,5-6,8,16H2,1H3,(H,17,19);2*1H/t9-;;/m0../s1. The number of nitrogens with two attached hydrogens (primary N) is 1. The molecule has 0 fully saturated rings. The summed E-state index contributed by atoms with van der Waals surface area (Å²) in [5.74, 6) is 1.40. The number of hydrogen-bond acceptors (Lipinski definition) is 6. The fourth-order valence-corrected chi connectivity index (χ4v) is 2.92. The van der Waals surface area contributed by atoms with Gasteiger partial charge in [0.05, 0.1) is 12.1 Å². The van der Waals surface area contributed by atoms with Gasteiger partial charge in [-0.25, -0.2) is 4.98 Å². The summed E-state index contributed by atoms with van der Waals surface area (Å²) < 4.78 is 10.7. The van der Waals surface area contributed by atoms with Crippen molar-refractivity contribution in [3.8, 4) is 22.1 Å². The highest BCUT2D eigenvalue weighted by Gasteiger charge is 2.16. The van der Waals surface area contributed by atoms with Crippen molar-refractivity contribution in [2.75, 3.05) is 13.3 Å². The first kappa shape index (κ1) is 20.5. The Kier molecular flexibility index (Phi) is 7.75. The van der Waals surface area contributed by atoms with Gasteiger partial charge in [-0.1, -0.05) is 0 Å². The second kappa shape index (κ2) is 9.08. The highest BCUT2D eigenvalue weighted by molar-refractivity contribution is 7.13. The van der Waals surface area contributed by atoms with Crippen LogP contribution in [0.4, 0.5) is 0 Å². The summed E-state index contributed by atoms with van der Waals surface area (Å²) in [4.78, 5) is 16.4. The van der Waals surface area contributed by atoms with E-state index in [-0.39, 0.29) is 50.0 Å². The Morgan fingerprint density at radius 1 is 1.38 bits per heavy atom. The van der Waals surface area contributed by atoms with Crippen LogP contribution in [0.1, 0.15) is 12.6 Å². The third-order valence-corrected chi connectivity index (χ3v) is 4.21. The monoisotopic (exact) mass is 391 g/mol. The molecule has 1 aromatic heterocycles. The molecule has 0 radical (unpaired) electrons. The number of ether oxygens (including phenoxy) is 2. The predicted molar refractivity (Wildman–Crippen MR) is 98.5 cm³/mol. The number of amides is 1. The molecule has 1 aliphatic rings. The van der Waals surface area contributed by atoms with E-state index in [1.165, 1.54) is 11.3 Å². The number of benzene rings is 1. The van der Waals surface area contributed by atoms with Crippen LogP contribution in [0.15, 0.2) is 23.6 Å². The Labute approximate surface area is 156 Å². The van der Waals surface area contributed by atoms with Crippen molar-refractivity contribution in [2.45, 2.75) is 19.4 Å². The summed E-state index contributed by atoms with van der Waals surface area (Å²) in [6.45, 7) is 2.55. The molecule has 3 rings (SSSR count). The van der Waals surface area contributed by atoms with Crippen LogP contribution in [0.2, 0.25) is 0 Å². The number of carbonyl (C=O) groups excluding carboxylic acids is 1. The van der Waals surface area contributed by atoms with Crippen LogP contribution in [-0.4, -0.2) is 30.3 Å². The minimum Gasteiger partial charge on any atom is -0.454 e. The maximum Gasteiger partial charge on any atom is 0.231 e. The molecular formula is C15H19Cl2N3O3S. The third kappa shape index (κ3) is 4.73. The van der Waals surface area contributed by atoms with Crippen molar-refractivity contribution in [3.63, 3.8) is 0 Å². The van der Waals surface area contributed by atoms with Crippen molar-refractivity contribution in [1.29, 1.82) is 0 Å². The first-order valence-corrected chi connectivity index (χ1v) is 7.87. The van der Waals surface area contributed by atoms with E-state index in [0.717, 1.165) is 27.8 Å². The van der Waals surface area contributed by atoms with Gasteiger partial charge < -0.3 is 20.5 Å². The van der Waals surface area contributed by atoms with E-state index in [1.54, 1.807) is 0 Å². The fraction of sp³-hybridized carbons (Fsp3) is 0.333. The first-order valence-electron chi connectivity index (χ1n) is 6.99. The van der Waals surface area contributed by atoms with Gasteiger partial charge in [0.1, 0.15) is 5.01 Å². The number of halogens is 2. The van der Waals surface area contributed by atoms with Gasteiger partial charge in [0, 0.05) is 23.5 Å². The fourth-order valence-electron chi connectivity index (χ4n) is 2.10. The van der Waals surface area contributed by atoms with Gasteiger partial charge >= 0.3 is 0 Å². The Hall–Kier alpha value is -1.54. The molecule has 132 valence electrons. The zero-order valence-corrected chi connectivity index (χ0v) is 15.4. The largest absolute Gasteiger partial charge is 0.454 e. The maximum atomic E-state index is 11.8. The van der Waals surface area contributed by atoms with E-state index in [2.05, 4.69) is 10.3 Å². The minimum atomic E-state index is -0.0690. The van der Waals surface area contributed by atoms with Gasteiger partial charge in [-0.05, 0) is 25.1 Å². The Morgan fingerprint density at radius 2 is 2.12 bits per heavy atom. The molecule has 1 amide bonds. The average Bonchev–Trinajstić information content (AvgIpc) is 3.14. The topological polar surface area (TPSA) is 86.5 Å². The van der Waals surface area contributed by atoms with Crippen molar-refractivity contribution < 1.29 is 14.3 Å². The average molecular weight is 392 g/mol. The Bertz CT molecular complexity index is 696. The van der Waals surface area contributed by atoms with Crippen LogP contribution >= 0.6 is 36.2 Å². The molecule has 2 aromatic rings. The molecule has 0 bridgehead atoms. The third-order valence-electron chi connectivity index (χ3n) is 3.27. The van der Waals surface area contributed by atoms with Crippen molar-refractivity contribution >= 4 is 42.1 Å². The molecule has 24 heavy (non-hydrogen) atoms. The molecule has 6 nitrogen and oxygen atoms in total. The van der Waals surface area contributed by atoms with Gasteiger partial charge in [0.15, 0.2) is 11.5 Å². The van der Waals surface area contributed by atoms with E-state index in [9.17, 15) is 4.79 Å². The van der Waals surface area contributed by atoms with Gasteiger partial charge in [0.2, 0.25) is 12.7 Å².